The molecular weight excluding hydrogens is 464 g/mol. The highest BCUT2D eigenvalue weighted by Gasteiger charge is 2.16. The van der Waals surface area contributed by atoms with E-state index in [1.54, 1.807) is 24.8 Å². The number of nitrogens with zero attached hydrogens (tertiary/aromatic N) is 5. The number of fused-ring (bicyclic) bond motifs is 2. The lowest BCUT2D eigenvalue weighted by Gasteiger charge is -2.08. The summed E-state index contributed by atoms with van der Waals surface area (Å²) in [6, 6.07) is 15.6. The number of carbonyl (C=O) groups is 1. The number of anilines is 1. The van der Waals surface area contributed by atoms with Crippen LogP contribution in [0.1, 0.15) is 20.3 Å². The molecule has 0 saturated heterocycles. The second-order valence-electron chi connectivity index (χ2n) is 9.29. The molecule has 0 bridgehead atoms. The van der Waals surface area contributed by atoms with Gasteiger partial charge in [0.25, 0.3) is 0 Å². The van der Waals surface area contributed by atoms with E-state index >= 15 is 0 Å². The predicted octanol–water partition coefficient (Wildman–Crippen LogP) is 5.61. The van der Waals surface area contributed by atoms with Gasteiger partial charge in [0, 0.05) is 41.5 Å². The predicted molar refractivity (Wildman–Crippen MR) is 144 cm³/mol. The quantitative estimate of drug-likeness (QED) is 0.280. The van der Waals surface area contributed by atoms with Crippen molar-refractivity contribution in [1.82, 2.24) is 35.1 Å². The molecule has 0 aliphatic rings. The fourth-order valence-corrected chi connectivity index (χ4v) is 4.38. The van der Waals surface area contributed by atoms with E-state index in [2.05, 4.69) is 35.5 Å². The fourth-order valence-electron chi connectivity index (χ4n) is 4.38. The Morgan fingerprint density at radius 3 is 2.76 bits per heavy atom. The molecule has 0 saturated carbocycles. The number of amides is 1. The maximum absolute atomic E-state index is 12.2. The van der Waals surface area contributed by atoms with E-state index < -0.39 is 0 Å². The van der Waals surface area contributed by atoms with Gasteiger partial charge in [0.2, 0.25) is 5.91 Å². The summed E-state index contributed by atoms with van der Waals surface area (Å²) >= 11 is 0. The summed E-state index contributed by atoms with van der Waals surface area (Å²) < 4.78 is 0. The summed E-state index contributed by atoms with van der Waals surface area (Å²) in [5, 5.41) is 11.5. The summed E-state index contributed by atoms with van der Waals surface area (Å²) in [4.78, 5) is 33.8. The molecule has 0 radical (unpaired) electrons. The van der Waals surface area contributed by atoms with E-state index in [4.69, 9.17) is 4.98 Å². The first-order valence-electron chi connectivity index (χ1n) is 12.0. The van der Waals surface area contributed by atoms with Crippen molar-refractivity contribution in [2.45, 2.75) is 20.3 Å². The molecule has 0 aliphatic carbocycles. The van der Waals surface area contributed by atoms with Crippen molar-refractivity contribution in [3.63, 3.8) is 0 Å². The fraction of sp³-hybridized carbons (Fsp3) is 0.143. The number of aromatic nitrogens is 7. The molecule has 0 unspecified atom stereocenters. The topological polar surface area (TPSA) is 125 Å². The van der Waals surface area contributed by atoms with Crippen LogP contribution in [0.5, 0.6) is 0 Å². The Morgan fingerprint density at radius 1 is 1.00 bits per heavy atom. The highest BCUT2D eigenvalue weighted by molar-refractivity contribution is 5.98. The van der Waals surface area contributed by atoms with Crippen molar-refractivity contribution in [2.75, 3.05) is 5.32 Å². The van der Waals surface area contributed by atoms with Gasteiger partial charge in [-0.25, -0.2) is 9.97 Å². The SMILES string of the molecule is CC(C)CC(=O)Nc1cncc(-c2ccc3[nH]nc(-c4cc5c(-c6ccccn6)ccnc5[nH]4)c3n2)c1. The molecule has 9 nitrogen and oxygen atoms in total. The van der Waals surface area contributed by atoms with Crippen LogP contribution in [0.25, 0.3) is 56.0 Å². The van der Waals surface area contributed by atoms with Crippen LogP contribution in [0.2, 0.25) is 0 Å². The maximum Gasteiger partial charge on any atom is 0.224 e. The third-order valence-electron chi connectivity index (χ3n) is 6.05. The largest absolute Gasteiger partial charge is 0.338 e. The normalized spacial score (nSPS) is 11.4. The van der Waals surface area contributed by atoms with E-state index in [1.807, 2.05) is 62.4 Å². The van der Waals surface area contributed by atoms with Gasteiger partial charge >= 0.3 is 0 Å². The Hall–Kier alpha value is -4.92. The van der Waals surface area contributed by atoms with Crippen LogP contribution < -0.4 is 5.32 Å². The number of hydrogen-bond acceptors (Lipinski definition) is 6. The smallest absolute Gasteiger partial charge is 0.224 e. The summed E-state index contributed by atoms with van der Waals surface area (Å²) in [7, 11) is 0. The number of aromatic amines is 2. The van der Waals surface area contributed by atoms with E-state index in [9.17, 15) is 4.79 Å². The van der Waals surface area contributed by atoms with Gasteiger partial charge in [-0.2, -0.15) is 5.10 Å². The van der Waals surface area contributed by atoms with Crippen molar-refractivity contribution in [2.24, 2.45) is 5.92 Å². The first kappa shape index (κ1) is 22.5. The Labute approximate surface area is 212 Å². The lowest BCUT2D eigenvalue weighted by molar-refractivity contribution is -0.116. The Bertz CT molecular complexity index is 1740. The molecule has 6 aromatic rings. The number of nitrogens with one attached hydrogen (secondary N) is 3. The summed E-state index contributed by atoms with van der Waals surface area (Å²) in [5.41, 5.74) is 7.80. The average molecular weight is 489 g/mol. The zero-order chi connectivity index (χ0) is 25.4. The molecule has 6 rings (SSSR count). The zero-order valence-corrected chi connectivity index (χ0v) is 20.4. The molecule has 0 aliphatic heterocycles. The van der Waals surface area contributed by atoms with Gasteiger partial charge in [0.1, 0.15) is 16.9 Å². The van der Waals surface area contributed by atoms with Crippen molar-refractivity contribution < 1.29 is 4.79 Å². The first-order valence-corrected chi connectivity index (χ1v) is 12.0. The van der Waals surface area contributed by atoms with Gasteiger partial charge in [-0.15, -0.1) is 0 Å². The van der Waals surface area contributed by atoms with E-state index in [-0.39, 0.29) is 11.8 Å². The van der Waals surface area contributed by atoms with Crippen LogP contribution in [0.15, 0.2) is 73.3 Å². The minimum Gasteiger partial charge on any atom is -0.338 e. The Balaban J connectivity index is 1.38. The molecule has 182 valence electrons. The van der Waals surface area contributed by atoms with Crippen LogP contribution in [0.3, 0.4) is 0 Å². The molecule has 0 atom stereocenters. The van der Waals surface area contributed by atoms with Crippen molar-refractivity contribution in [1.29, 1.82) is 0 Å². The number of pyridine rings is 4. The Kier molecular flexibility index (Phi) is 5.65. The monoisotopic (exact) mass is 488 g/mol. The molecule has 6 heterocycles. The lowest BCUT2D eigenvalue weighted by atomic mass is 10.1. The van der Waals surface area contributed by atoms with Crippen molar-refractivity contribution in [3.05, 3.63) is 73.3 Å². The second-order valence-corrected chi connectivity index (χ2v) is 9.29. The van der Waals surface area contributed by atoms with E-state index in [1.165, 1.54) is 0 Å². The molecule has 3 N–H and O–H groups in total. The molecule has 6 aromatic heterocycles. The number of rotatable bonds is 6. The van der Waals surface area contributed by atoms with Crippen molar-refractivity contribution >= 4 is 33.7 Å². The molecular formula is C28H24N8O. The van der Waals surface area contributed by atoms with Gasteiger partial charge in [0.05, 0.1) is 34.5 Å². The molecule has 0 spiro atoms. The zero-order valence-electron chi connectivity index (χ0n) is 20.4. The van der Waals surface area contributed by atoms with Crippen LogP contribution in [0, 0.1) is 5.92 Å². The number of carbonyl (C=O) groups excluding carboxylic acids is 1. The number of hydrogen-bond donors (Lipinski definition) is 3. The van der Waals surface area contributed by atoms with E-state index in [0.717, 1.165) is 50.3 Å². The second kappa shape index (κ2) is 9.27. The molecule has 1 amide bonds. The van der Waals surface area contributed by atoms with Crippen LogP contribution >= 0.6 is 0 Å². The van der Waals surface area contributed by atoms with Crippen LogP contribution in [0.4, 0.5) is 5.69 Å². The molecule has 37 heavy (non-hydrogen) atoms. The minimum absolute atomic E-state index is 0.0352. The molecule has 0 aromatic carbocycles. The average Bonchev–Trinajstić information content (AvgIpc) is 3.52. The van der Waals surface area contributed by atoms with Gasteiger partial charge in [0.15, 0.2) is 0 Å². The van der Waals surface area contributed by atoms with E-state index in [0.29, 0.717) is 17.8 Å². The minimum atomic E-state index is -0.0352. The third kappa shape index (κ3) is 4.42. The lowest BCUT2D eigenvalue weighted by Crippen LogP contribution is -2.13. The number of H-pyrrole nitrogens is 2. The highest BCUT2D eigenvalue weighted by Crippen LogP contribution is 2.33. The standard InChI is InChI=1S/C28H24N8O/c1-16(2)11-25(37)32-18-12-17(14-29-15-18)21-6-7-23-26(33-21)27(36-35-23)24-13-20-19(8-10-31-28(20)34-24)22-5-3-4-9-30-22/h3-10,12-16H,11H2,1-2H3,(H,31,34)(H,32,37)(H,35,36). The summed E-state index contributed by atoms with van der Waals surface area (Å²) in [6.45, 7) is 4.02. The van der Waals surface area contributed by atoms with Crippen molar-refractivity contribution in [3.8, 4) is 33.9 Å². The molecule has 0 fully saturated rings. The maximum atomic E-state index is 12.2. The van der Waals surface area contributed by atoms with Crippen LogP contribution in [-0.4, -0.2) is 41.0 Å². The van der Waals surface area contributed by atoms with Gasteiger partial charge in [-0.3, -0.25) is 19.9 Å². The van der Waals surface area contributed by atoms with Gasteiger partial charge < -0.3 is 10.3 Å². The van der Waals surface area contributed by atoms with Crippen LogP contribution in [-0.2, 0) is 4.79 Å². The summed E-state index contributed by atoms with van der Waals surface area (Å²) in [6.07, 6.45) is 7.37. The third-order valence-corrected chi connectivity index (χ3v) is 6.05. The Morgan fingerprint density at radius 2 is 1.92 bits per heavy atom. The molecule has 9 heteroatoms. The first-order chi connectivity index (χ1) is 18.0. The van der Waals surface area contributed by atoms with Gasteiger partial charge in [-0.1, -0.05) is 19.9 Å². The highest BCUT2D eigenvalue weighted by atomic mass is 16.1. The van der Waals surface area contributed by atoms with Gasteiger partial charge in [-0.05, 0) is 48.4 Å². The summed E-state index contributed by atoms with van der Waals surface area (Å²) in [5.74, 6) is 0.242.